The van der Waals surface area contributed by atoms with Crippen molar-refractivity contribution in [3.8, 4) is 11.3 Å². The van der Waals surface area contributed by atoms with Gasteiger partial charge in [0, 0.05) is 23.4 Å². The van der Waals surface area contributed by atoms with Gasteiger partial charge in [0.1, 0.15) is 0 Å². The monoisotopic (exact) mass is 248 g/mol. The first-order valence-corrected chi connectivity index (χ1v) is 6.00. The lowest BCUT2D eigenvalue weighted by molar-refractivity contribution is 0.101. The Morgan fingerprint density at radius 1 is 1.47 bits per heavy atom. The quantitative estimate of drug-likeness (QED) is 0.671. The zero-order chi connectivity index (χ0) is 12.6. The van der Waals surface area contributed by atoms with Crippen molar-refractivity contribution >= 4 is 23.6 Å². The van der Waals surface area contributed by atoms with E-state index >= 15 is 0 Å². The van der Waals surface area contributed by atoms with Crippen molar-refractivity contribution in [1.29, 1.82) is 0 Å². The second kappa shape index (κ2) is 4.25. The first kappa shape index (κ1) is 11.7. The highest BCUT2D eigenvalue weighted by atomic mass is 32.1. The van der Waals surface area contributed by atoms with Crippen molar-refractivity contribution in [3.05, 3.63) is 27.9 Å². The van der Waals surface area contributed by atoms with Crippen molar-refractivity contribution in [2.45, 2.75) is 20.8 Å². The van der Waals surface area contributed by atoms with Crippen LogP contribution in [0.15, 0.2) is 5.38 Å². The van der Waals surface area contributed by atoms with Crippen LogP contribution in [-0.2, 0) is 0 Å². The Morgan fingerprint density at radius 2 is 2.18 bits per heavy atom. The molecule has 0 saturated heterocycles. The summed E-state index contributed by atoms with van der Waals surface area (Å²) in [7, 11) is 0. The summed E-state index contributed by atoms with van der Waals surface area (Å²) in [5.74, 6) is -0.0716. The number of aryl methyl sites for hydroxylation is 1. The second-order valence-corrected chi connectivity index (χ2v) is 4.53. The van der Waals surface area contributed by atoms with Crippen LogP contribution < -0.4 is 0 Å². The summed E-state index contributed by atoms with van der Waals surface area (Å²) in [4.78, 5) is 25.6. The molecule has 0 bridgehead atoms. The highest BCUT2D eigenvalue weighted by molar-refractivity contribution is 7.04. The van der Waals surface area contributed by atoms with E-state index in [4.69, 9.17) is 0 Å². The molecule has 0 radical (unpaired) electrons. The number of carbonyl (C=O) groups excluding carboxylic acids is 2. The number of H-pyrrole nitrogens is 1. The number of Topliss-reactive ketones (excluding diaryl/α,β-unsaturated/α-hetero) is 1. The first-order chi connectivity index (χ1) is 8.06. The number of hydrogen-bond donors (Lipinski definition) is 1. The molecule has 2 aromatic rings. The topological polar surface area (TPSA) is 62.8 Å². The molecule has 0 unspecified atom stereocenters. The molecular weight excluding hydrogens is 236 g/mol. The molecule has 2 aromatic heterocycles. The highest BCUT2D eigenvalue weighted by Crippen LogP contribution is 2.29. The Bertz CT molecular complexity index is 596. The first-order valence-electron chi connectivity index (χ1n) is 5.16. The van der Waals surface area contributed by atoms with Gasteiger partial charge in [-0.2, -0.15) is 4.37 Å². The van der Waals surface area contributed by atoms with E-state index in [0.717, 1.165) is 17.5 Å². The maximum absolute atomic E-state index is 11.4. The zero-order valence-electron chi connectivity index (χ0n) is 9.83. The SMILES string of the molecule is CC(=O)c1[nH]c(-c2csnc2C)c(C=O)c1C. The van der Waals surface area contributed by atoms with Gasteiger partial charge in [0.05, 0.1) is 17.1 Å². The molecule has 17 heavy (non-hydrogen) atoms. The third-order valence-electron chi connectivity index (χ3n) is 2.79. The molecule has 88 valence electrons. The van der Waals surface area contributed by atoms with Gasteiger partial charge < -0.3 is 4.98 Å². The molecule has 2 rings (SSSR count). The number of nitrogens with zero attached hydrogens (tertiary/aromatic N) is 1. The average molecular weight is 248 g/mol. The molecule has 0 saturated carbocycles. The summed E-state index contributed by atoms with van der Waals surface area (Å²) in [5.41, 5.74) is 4.16. The molecule has 0 fully saturated rings. The Balaban J connectivity index is 2.70. The van der Waals surface area contributed by atoms with Crippen LogP contribution in [0.5, 0.6) is 0 Å². The summed E-state index contributed by atoms with van der Waals surface area (Å²) in [6.07, 6.45) is 0.782. The predicted octanol–water partition coefficient (Wildman–Crippen LogP) is 2.77. The molecule has 0 aliphatic heterocycles. The molecular formula is C12H12N2O2S. The molecule has 2 heterocycles. The summed E-state index contributed by atoms with van der Waals surface area (Å²) in [6.45, 7) is 5.13. The predicted molar refractivity (Wildman–Crippen MR) is 66.8 cm³/mol. The van der Waals surface area contributed by atoms with Gasteiger partial charge in [-0.3, -0.25) is 9.59 Å². The van der Waals surface area contributed by atoms with E-state index in [2.05, 4.69) is 9.36 Å². The Hall–Kier alpha value is -1.75. The number of aromatic amines is 1. The van der Waals surface area contributed by atoms with Gasteiger partial charge >= 0.3 is 0 Å². The largest absolute Gasteiger partial charge is 0.351 e. The molecule has 0 aliphatic carbocycles. The number of rotatable bonds is 3. The van der Waals surface area contributed by atoms with E-state index in [9.17, 15) is 9.59 Å². The number of aldehydes is 1. The van der Waals surface area contributed by atoms with E-state index in [1.54, 1.807) is 6.92 Å². The summed E-state index contributed by atoms with van der Waals surface area (Å²) in [6, 6.07) is 0. The van der Waals surface area contributed by atoms with Crippen LogP contribution in [0, 0.1) is 13.8 Å². The van der Waals surface area contributed by atoms with Crippen molar-refractivity contribution < 1.29 is 9.59 Å². The molecule has 0 spiro atoms. The molecule has 4 nitrogen and oxygen atoms in total. The van der Waals surface area contributed by atoms with E-state index in [-0.39, 0.29) is 5.78 Å². The minimum atomic E-state index is -0.0716. The number of nitrogens with one attached hydrogen (secondary N) is 1. The van der Waals surface area contributed by atoms with Gasteiger partial charge in [-0.15, -0.1) is 0 Å². The minimum absolute atomic E-state index is 0.0716. The van der Waals surface area contributed by atoms with Crippen molar-refractivity contribution in [1.82, 2.24) is 9.36 Å². The standard InChI is InChI=1S/C12H12N2O2S/c1-6-9(4-15)12(13-11(6)8(3)16)10-5-17-14-7(10)2/h4-5,13H,1-3H3. The van der Waals surface area contributed by atoms with Crippen LogP contribution in [0.2, 0.25) is 0 Å². The smallest absolute Gasteiger partial charge is 0.176 e. The van der Waals surface area contributed by atoms with Gasteiger partial charge in [0.15, 0.2) is 12.1 Å². The van der Waals surface area contributed by atoms with Gasteiger partial charge in [0.25, 0.3) is 0 Å². The van der Waals surface area contributed by atoms with E-state index in [1.165, 1.54) is 18.5 Å². The van der Waals surface area contributed by atoms with Crippen molar-refractivity contribution in [2.75, 3.05) is 0 Å². The van der Waals surface area contributed by atoms with Crippen LogP contribution in [-0.4, -0.2) is 21.4 Å². The minimum Gasteiger partial charge on any atom is -0.351 e. The molecule has 0 aromatic carbocycles. The van der Waals surface area contributed by atoms with Crippen molar-refractivity contribution in [2.24, 2.45) is 0 Å². The summed E-state index contributed by atoms with van der Waals surface area (Å²) < 4.78 is 4.17. The summed E-state index contributed by atoms with van der Waals surface area (Å²) >= 11 is 1.33. The molecule has 0 atom stereocenters. The lowest BCUT2D eigenvalue weighted by atomic mass is 10.1. The van der Waals surface area contributed by atoms with Crippen molar-refractivity contribution in [3.63, 3.8) is 0 Å². The molecule has 1 N–H and O–H groups in total. The normalized spacial score (nSPS) is 10.5. The number of carbonyl (C=O) groups is 2. The van der Waals surface area contributed by atoms with Crippen LogP contribution in [0.1, 0.15) is 39.0 Å². The lowest BCUT2D eigenvalue weighted by Gasteiger charge is -1.96. The number of aromatic nitrogens is 2. The second-order valence-electron chi connectivity index (χ2n) is 3.90. The fourth-order valence-electron chi connectivity index (χ4n) is 1.85. The van der Waals surface area contributed by atoms with Gasteiger partial charge in [-0.1, -0.05) is 0 Å². The molecule has 0 aliphatic rings. The van der Waals surface area contributed by atoms with Gasteiger partial charge in [-0.05, 0) is 30.9 Å². The maximum Gasteiger partial charge on any atom is 0.176 e. The fraction of sp³-hybridized carbons (Fsp3) is 0.250. The third-order valence-corrected chi connectivity index (χ3v) is 3.51. The lowest BCUT2D eigenvalue weighted by Crippen LogP contribution is -1.94. The molecule has 5 heteroatoms. The third kappa shape index (κ3) is 1.82. The van der Waals surface area contributed by atoms with Crippen LogP contribution in [0.25, 0.3) is 11.3 Å². The van der Waals surface area contributed by atoms with Gasteiger partial charge in [0.2, 0.25) is 0 Å². The maximum atomic E-state index is 11.4. The number of hydrogen-bond acceptors (Lipinski definition) is 4. The van der Waals surface area contributed by atoms with E-state index < -0.39 is 0 Å². The average Bonchev–Trinajstić information content (AvgIpc) is 2.81. The zero-order valence-corrected chi connectivity index (χ0v) is 10.6. The summed E-state index contributed by atoms with van der Waals surface area (Å²) in [5, 5.41) is 1.87. The van der Waals surface area contributed by atoms with Gasteiger partial charge in [-0.25, -0.2) is 0 Å². The Labute approximate surface area is 103 Å². The highest BCUT2D eigenvalue weighted by Gasteiger charge is 2.19. The molecule has 0 amide bonds. The Kier molecular flexibility index (Phi) is 2.93. The van der Waals surface area contributed by atoms with Crippen LogP contribution >= 0.6 is 11.5 Å². The van der Waals surface area contributed by atoms with Crippen LogP contribution in [0.4, 0.5) is 0 Å². The van der Waals surface area contributed by atoms with E-state index in [0.29, 0.717) is 22.5 Å². The number of ketones is 1. The van der Waals surface area contributed by atoms with E-state index in [1.807, 2.05) is 12.3 Å². The fourth-order valence-corrected chi connectivity index (χ4v) is 2.56. The Morgan fingerprint density at radius 3 is 2.65 bits per heavy atom. The van der Waals surface area contributed by atoms with Crippen LogP contribution in [0.3, 0.4) is 0 Å².